The van der Waals surface area contributed by atoms with E-state index in [-0.39, 0.29) is 12.2 Å². The zero-order chi connectivity index (χ0) is 23.1. The van der Waals surface area contributed by atoms with Crippen molar-refractivity contribution >= 4 is 40.9 Å². The maximum Gasteiger partial charge on any atom is 0.266 e. The number of amides is 1. The van der Waals surface area contributed by atoms with Gasteiger partial charge < -0.3 is 14.8 Å². The predicted molar refractivity (Wildman–Crippen MR) is 127 cm³/mol. The fourth-order valence-corrected chi connectivity index (χ4v) is 3.21. The van der Waals surface area contributed by atoms with Gasteiger partial charge in [0.2, 0.25) is 0 Å². The number of rotatable bonds is 7. The third-order valence-corrected chi connectivity index (χ3v) is 5.31. The van der Waals surface area contributed by atoms with Crippen molar-refractivity contribution in [2.24, 2.45) is 0 Å². The predicted octanol–water partition coefficient (Wildman–Crippen LogP) is 6.44. The Morgan fingerprint density at radius 1 is 1.09 bits per heavy atom. The van der Waals surface area contributed by atoms with Crippen LogP contribution in [0.4, 0.5) is 5.69 Å². The van der Waals surface area contributed by atoms with Crippen molar-refractivity contribution in [2.75, 3.05) is 12.4 Å². The Morgan fingerprint density at radius 2 is 1.84 bits per heavy atom. The summed E-state index contributed by atoms with van der Waals surface area (Å²) < 4.78 is 11.4. The lowest BCUT2D eigenvalue weighted by Crippen LogP contribution is -2.13. The second kappa shape index (κ2) is 10.7. The number of nitrogens with zero attached hydrogens (tertiary/aromatic N) is 1. The van der Waals surface area contributed by atoms with Crippen molar-refractivity contribution in [1.82, 2.24) is 0 Å². The number of para-hydroxylation sites is 1. The van der Waals surface area contributed by atoms with E-state index in [1.165, 1.54) is 13.2 Å². The molecule has 32 heavy (non-hydrogen) atoms. The molecule has 0 spiro atoms. The number of nitrogens with one attached hydrogen (secondary N) is 1. The van der Waals surface area contributed by atoms with E-state index in [0.29, 0.717) is 32.8 Å². The molecule has 0 fully saturated rings. The van der Waals surface area contributed by atoms with Gasteiger partial charge in [0.1, 0.15) is 18.2 Å². The maximum atomic E-state index is 12.6. The molecule has 0 aromatic heterocycles. The third-order valence-electron chi connectivity index (χ3n) is 4.57. The van der Waals surface area contributed by atoms with Crippen molar-refractivity contribution in [3.8, 4) is 17.6 Å². The molecule has 1 N–H and O–H groups in total. The Morgan fingerprint density at radius 3 is 2.50 bits per heavy atom. The van der Waals surface area contributed by atoms with Crippen LogP contribution in [0.15, 0.2) is 66.2 Å². The molecular weight excluding hydrogens is 447 g/mol. The SMILES string of the molecule is COc1cccc(/C=C(\C#N)C(=O)Nc2ccc(C)cc2)c1OCc1ccc(Cl)c(Cl)c1. The molecule has 0 aliphatic rings. The Labute approximate surface area is 196 Å². The van der Waals surface area contributed by atoms with Gasteiger partial charge in [-0.1, -0.05) is 59.1 Å². The molecule has 0 saturated carbocycles. The molecular formula is C25H20Cl2N2O3. The van der Waals surface area contributed by atoms with Crippen LogP contribution in [0.2, 0.25) is 10.0 Å². The molecule has 3 rings (SSSR count). The zero-order valence-electron chi connectivity index (χ0n) is 17.5. The van der Waals surface area contributed by atoms with Crippen molar-refractivity contribution in [1.29, 1.82) is 5.26 Å². The Kier molecular flexibility index (Phi) is 7.77. The number of carbonyl (C=O) groups is 1. The van der Waals surface area contributed by atoms with Gasteiger partial charge >= 0.3 is 0 Å². The van der Waals surface area contributed by atoms with Gasteiger partial charge in [-0.15, -0.1) is 0 Å². The van der Waals surface area contributed by atoms with E-state index in [1.807, 2.05) is 25.1 Å². The largest absolute Gasteiger partial charge is 0.493 e. The molecule has 162 valence electrons. The van der Waals surface area contributed by atoms with Gasteiger partial charge in [-0.2, -0.15) is 5.26 Å². The number of nitriles is 1. The number of ether oxygens (including phenoxy) is 2. The summed E-state index contributed by atoms with van der Waals surface area (Å²) in [5.74, 6) is 0.349. The van der Waals surface area contributed by atoms with E-state index in [4.69, 9.17) is 32.7 Å². The highest BCUT2D eigenvalue weighted by Gasteiger charge is 2.15. The van der Waals surface area contributed by atoms with Crippen LogP contribution >= 0.6 is 23.2 Å². The lowest BCUT2D eigenvalue weighted by molar-refractivity contribution is -0.112. The molecule has 5 nitrogen and oxygen atoms in total. The second-order valence-corrected chi connectivity index (χ2v) is 7.72. The van der Waals surface area contributed by atoms with Gasteiger partial charge in [-0.05, 0) is 48.9 Å². The molecule has 0 radical (unpaired) electrons. The number of aryl methyl sites for hydroxylation is 1. The quantitative estimate of drug-likeness (QED) is 0.321. The number of halogens is 2. The van der Waals surface area contributed by atoms with Crippen LogP contribution in [0.1, 0.15) is 16.7 Å². The summed E-state index contributed by atoms with van der Waals surface area (Å²) >= 11 is 12.1. The maximum absolute atomic E-state index is 12.6. The molecule has 7 heteroatoms. The minimum Gasteiger partial charge on any atom is -0.493 e. The standard InChI is InChI=1S/C25H20Cl2N2O3/c1-16-6-9-20(10-7-16)29-25(30)19(14-28)13-18-4-3-5-23(31-2)24(18)32-15-17-8-11-21(26)22(27)12-17/h3-13H,15H2,1-2H3,(H,29,30)/b19-13+. The van der Waals surface area contributed by atoms with E-state index in [2.05, 4.69) is 5.32 Å². The highest BCUT2D eigenvalue weighted by molar-refractivity contribution is 6.42. The molecule has 0 unspecified atom stereocenters. The number of hydrogen-bond acceptors (Lipinski definition) is 4. The van der Waals surface area contributed by atoms with Crippen LogP contribution in [0.3, 0.4) is 0 Å². The highest BCUT2D eigenvalue weighted by Crippen LogP contribution is 2.34. The highest BCUT2D eigenvalue weighted by atomic mass is 35.5. The minimum absolute atomic E-state index is 0.0711. The van der Waals surface area contributed by atoms with Crippen molar-refractivity contribution < 1.29 is 14.3 Å². The number of methoxy groups -OCH3 is 1. The number of carbonyl (C=O) groups excluding carboxylic acids is 1. The average molecular weight is 467 g/mol. The normalized spacial score (nSPS) is 10.9. The first-order valence-corrected chi connectivity index (χ1v) is 10.4. The van der Waals surface area contributed by atoms with E-state index in [1.54, 1.807) is 48.5 Å². The summed E-state index contributed by atoms with van der Waals surface area (Å²) in [5, 5.41) is 13.2. The van der Waals surface area contributed by atoms with Crippen LogP contribution < -0.4 is 14.8 Å². The molecule has 0 aliphatic heterocycles. The summed E-state index contributed by atoms with van der Waals surface area (Å²) in [6, 6.07) is 19.7. The molecule has 3 aromatic rings. The van der Waals surface area contributed by atoms with Crippen LogP contribution in [0.5, 0.6) is 11.5 Å². The Hall–Kier alpha value is -3.46. The second-order valence-electron chi connectivity index (χ2n) is 6.91. The molecule has 3 aromatic carbocycles. The summed E-state index contributed by atoms with van der Waals surface area (Å²) in [6.07, 6.45) is 1.47. The molecule has 0 heterocycles. The molecule has 0 aliphatic carbocycles. The summed E-state index contributed by atoms with van der Waals surface area (Å²) in [5.41, 5.74) is 2.93. The fraction of sp³-hybridized carbons (Fsp3) is 0.120. The van der Waals surface area contributed by atoms with Gasteiger partial charge in [0.15, 0.2) is 11.5 Å². The van der Waals surface area contributed by atoms with Crippen molar-refractivity contribution in [3.63, 3.8) is 0 Å². The topological polar surface area (TPSA) is 71.3 Å². The summed E-state index contributed by atoms with van der Waals surface area (Å²) in [6.45, 7) is 2.14. The lowest BCUT2D eigenvalue weighted by atomic mass is 10.1. The van der Waals surface area contributed by atoms with Crippen molar-refractivity contribution in [2.45, 2.75) is 13.5 Å². The van der Waals surface area contributed by atoms with Crippen LogP contribution in [-0.2, 0) is 11.4 Å². The van der Waals surface area contributed by atoms with E-state index < -0.39 is 5.91 Å². The van der Waals surface area contributed by atoms with Gasteiger partial charge in [-0.3, -0.25) is 4.79 Å². The smallest absolute Gasteiger partial charge is 0.266 e. The third kappa shape index (κ3) is 5.82. The van der Waals surface area contributed by atoms with Gasteiger partial charge in [-0.25, -0.2) is 0 Å². The molecule has 0 atom stereocenters. The first kappa shape index (κ1) is 23.2. The van der Waals surface area contributed by atoms with Gasteiger partial charge in [0.25, 0.3) is 5.91 Å². The Balaban J connectivity index is 1.87. The summed E-state index contributed by atoms with van der Waals surface area (Å²) in [7, 11) is 1.52. The van der Waals surface area contributed by atoms with Crippen LogP contribution in [0, 0.1) is 18.3 Å². The lowest BCUT2D eigenvalue weighted by Gasteiger charge is -2.14. The van der Waals surface area contributed by atoms with E-state index in [9.17, 15) is 10.1 Å². The average Bonchev–Trinajstić information content (AvgIpc) is 2.79. The molecule has 1 amide bonds. The minimum atomic E-state index is -0.519. The van der Waals surface area contributed by atoms with Gasteiger partial charge in [0.05, 0.1) is 17.2 Å². The first-order chi connectivity index (χ1) is 15.4. The molecule has 0 bridgehead atoms. The van der Waals surface area contributed by atoms with Crippen molar-refractivity contribution in [3.05, 3.63) is 93.0 Å². The number of hydrogen-bond donors (Lipinski definition) is 1. The molecule has 0 saturated heterocycles. The Bertz CT molecular complexity index is 1200. The monoisotopic (exact) mass is 466 g/mol. The van der Waals surface area contributed by atoms with Crippen LogP contribution in [-0.4, -0.2) is 13.0 Å². The first-order valence-electron chi connectivity index (χ1n) is 9.65. The summed E-state index contributed by atoms with van der Waals surface area (Å²) in [4.78, 5) is 12.6. The van der Waals surface area contributed by atoms with Gasteiger partial charge in [0, 0.05) is 11.3 Å². The fourth-order valence-electron chi connectivity index (χ4n) is 2.89. The number of anilines is 1. The number of benzene rings is 3. The van der Waals surface area contributed by atoms with E-state index >= 15 is 0 Å². The zero-order valence-corrected chi connectivity index (χ0v) is 19.0. The van der Waals surface area contributed by atoms with Crippen LogP contribution in [0.25, 0.3) is 6.08 Å². The van der Waals surface area contributed by atoms with E-state index in [0.717, 1.165) is 11.1 Å².